The van der Waals surface area contributed by atoms with E-state index in [-0.39, 0.29) is 5.82 Å². The Morgan fingerprint density at radius 3 is 3.12 bits per heavy atom. The van der Waals surface area contributed by atoms with E-state index in [0.29, 0.717) is 18.5 Å². The second-order valence-corrected chi connectivity index (χ2v) is 5.55. The summed E-state index contributed by atoms with van der Waals surface area (Å²) in [5.74, 6) is 0.444. The average molecular weight is 301 g/mol. The Balaban J connectivity index is 1.94. The van der Waals surface area contributed by atoms with E-state index in [1.807, 2.05) is 0 Å². The monoisotopic (exact) mass is 300 g/mol. The average Bonchev–Trinajstić information content (AvgIpc) is 2.32. The van der Waals surface area contributed by atoms with Gasteiger partial charge < -0.3 is 10.6 Å². The number of piperidine rings is 1. The van der Waals surface area contributed by atoms with Gasteiger partial charge in [-0.25, -0.2) is 4.39 Å². The molecule has 0 bridgehead atoms. The minimum atomic E-state index is -0.177. The molecule has 4 heteroatoms. The topological polar surface area (TPSA) is 24.1 Å². The highest BCUT2D eigenvalue weighted by Gasteiger charge is 2.20. The van der Waals surface area contributed by atoms with Gasteiger partial charge >= 0.3 is 0 Å². The zero-order valence-electron chi connectivity index (χ0n) is 9.97. The molecule has 94 valence electrons. The second kappa shape index (κ2) is 5.94. The zero-order chi connectivity index (χ0) is 12.3. The number of benzene rings is 1. The van der Waals surface area contributed by atoms with Crippen LogP contribution in [0.3, 0.4) is 0 Å². The standard InChI is InChI=1S/C13H18BrFN2/c1-9-7-16-5-4-13(9)17-8-10-6-11(15)2-3-12(10)14/h2-3,6,9,13,16-17H,4-5,7-8H2,1H3. The van der Waals surface area contributed by atoms with E-state index in [0.717, 1.165) is 29.5 Å². The van der Waals surface area contributed by atoms with E-state index in [1.54, 1.807) is 12.1 Å². The largest absolute Gasteiger partial charge is 0.316 e. The molecule has 2 unspecified atom stereocenters. The summed E-state index contributed by atoms with van der Waals surface area (Å²) in [4.78, 5) is 0. The maximum absolute atomic E-state index is 13.1. The first-order chi connectivity index (χ1) is 8.16. The van der Waals surface area contributed by atoms with Gasteiger partial charge in [0.05, 0.1) is 0 Å². The Kier molecular flexibility index (Phi) is 4.54. The minimum Gasteiger partial charge on any atom is -0.316 e. The number of nitrogens with one attached hydrogen (secondary N) is 2. The molecule has 1 aromatic carbocycles. The molecule has 1 aliphatic rings. The molecule has 0 aromatic heterocycles. The highest BCUT2D eigenvalue weighted by molar-refractivity contribution is 9.10. The van der Waals surface area contributed by atoms with Crippen molar-refractivity contribution in [3.05, 3.63) is 34.1 Å². The van der Waals surface area contributed by atoms with Crippen molar-refractivity contribution in [3.63, 3.8) is 0 Å². The van der Waals surface area contributed by atoms with Gasteiger partial charge in [0.2, 0.25) is 0 Å². The van der Waals surface area contributed by atoms with Crippen molar-refractivity contribution in [2.45, 2.75) is 25.9 Å². The molecule has 1 heterocycles. The third kappa shape index (κ3) is 3.50. The summed E-state index contributed by atoms with van der Waals surface area (Å²) in [6.07, 6.45) is 1.13. The van der Waals surface area contributed by atoms with Crippen LogP contribution in [0.4, 0.5) is 4.39 Å². The summed E-state index contributed by atoms with van der Waals surface area (Å²) in [7, 11) is 0. The molecule has 1 fully saturated rings. The van der Waals surface area contributed by atoms with Crippen LogP contribution in [0.15, 0.2) is 22.7 Å². The molecule has 0 radical (unpaired) electrons. The lowest BCUT2D eigenvalue weighted by atomic mass is 9.95. The Morgan fingerprint density at radius 2 is 2.35 bits per heavy atom. The van der Waals surface area contributed by atoms with Crippen LogP contribution in [0.1, 0.15) is 18.9 Å². The van der Waals surface area contributed by atoms with Crippen molar-refractivity contribution in [3.8, 4) is 0 Å². The van der Waals surface area contributed by atoms with Crippen molar-refractivity contribution >= 4 is 15.9 Å². The van der Waals surface area contributed by atoms with Gasteiger partial charge in [0, 0.05) is 17.1 Å². The van der Waals surface area contributed by atoms with E-state index in [4.69, 9.17) is 0 Å². The van der Waals surface area contributed by atoms with Crippen molar-refractivity contribution < 1.29 is 4.39 Å². The third-order valence-corrected chi connectivity index (χ3v) is 4.12. The van der Waals surface area contributed by atoms with Crippen molar-refractivity contribution in [2.24, 2.45) is 5.92 Å². The van der Waals surface area contributed by atoms with Gasteiger partial charge in [-0.3, -0.25) is 0 Å². The van der Waals surface area contributed by atoms with Crippen LogP contribution >= 0.6 is 15.9 Å². The maximum Gasteiger partial charge on any atom is 0.123 e. The quantitative estimate of drug-likeness (QED) is 0.897. The molecular formula is C13H18BrFN2. The van der Waals surface area contributed by atoms with E-state index >= 15 is 0 Å². The lowest BCUT2D eigenvalue weighted by molar-refractivity contribution is 0.295. The van der Waals surface area contributed by atoms with Crippen LogP contribution < -0.4 is 10.6 Å². The molecule has 2 atom stereocenters. The number of rotatable bonds is 3. The van der Waals surface area contributed by atoms with E-state index in [2.05, 4.69) is 33.5 Å². The first kappa shape index (κ1) is 13.0. The summed E-state index contributed by atoms with van der Waals surface area (Å²) in [6.45, 7) is 5.08. The third-order valence-electron chi connectivity index (χ3n) is 3.35. The molecule has 2 N–H and O–H groups in total. The summed E-state index contributed by atoms with van der Waals surface area (Å²) in [5, 5.41) is 6.89. The lowest BCUT2D eigenvalue weighted by Crippen LogP contribution is -2.46. The minimum absolute atomic E-state index is 0.177. The molecular weight excluding hydrogens is 283 g/mol. The van der Waals surface area contributed by atoms with Crippen LogP contribution in [0.5, 0.6) is 0 Å². The first-order valence-corrected chi connectivity index (χ1v) is 6.84. The summed E-state index contributed by atoms with van der Waals surface area (Å²) >= 11 is 3.45. The molecule has 2 nitrogen and oxygen atoms in total. The fraction of sp³-hybridized carbons (Fsp3) is 0.538. The highest BCUT2D eigenvalue weighted by Crippen LogP contribution is 2.19. The van der Waals surface area contributed by atoms with Gasteiger partial charge in [-0.1, -0.05) is 22.9 Å². The molecule has 0 amide bonds. The fourth-order valence-corrected chi connectivity index (χ4v) is 2.62. The molecule has 17 heavy (non-hydrogen) atoms. The van der Waals surface area contributed by atoms with Crippen molar-refractivity contribution in [2.75, 3.05) is 13.1 Å². The highest BCUT2D eigenvalue weighted by atomic mass is 79.9. The Hall–Kier alpha value is -0.450. The van der Waals surface area contributed by atoms with Gasteiger partial charge in [0.15, 0.2) is 0 Å². The molecule has 2 rings (SSSR count). The Morgan fingerprint density at radius 1 is 1.53 bits per heavy atom. The zero-order valence-corrected chi connectivity index (χ0v) is 11.6. The van der Waals surface area contributed by atoms with Crippen LogP contribution in [0.2, 0.25) is 0 Å². The normalized spacial score (nSPS) is 24.9. The van der Waals surface area contributed by atoms with E-state index in [1.165, 1.54) is 6.07 Å². The maximum atomic E-state index is 13.1. The van der Waals surface area contributed by atoms with Gasteiger partial charge in [-0.05, 0) is 49.2 Å². The van der Waals surface area contributed by atoms with E-state index in [9.17, 15) is 4.39 Å². The summed E-state index contributed by atoms with van der Waals surface area (Å²) < 4.78 is 14.1. The molecule has 0 aliphatic carbocycles. The molecule has 1 saturated heterocycles. The van der Waals surface area contributed by atoms with Crippen molar-refractivity contribution in [1.82, 2.24) is 10.6 Å². The van der Waals surface area contributed by atoms with Crippen LogP contribution in [-0.4, -0.2) is 19.1 Å². The van der Waals surface area contributed by atoms with Crippen LogP contribution in [0.25, 0.3) is 0 Å². The van der Waals surface area contributed by atoms with Crippen molar-refractivity contribution in [1.29, 1.82) is 0 Å². The fourth-order valence-electron chi connectivity index (χ4n) is 2.24. The predicted octanol–water partition coefficient (Wildman–Crippen LogP) is 2.68. The van der Waals surface area contributed by atoms with Crippen LogP contribution in [-0.2, 0) is 6.54 Å². The summed E-state index contributed by atoms with van der Waals surface area (Å²) in [5.41, 5.74) is 0.982. The molecule has 0 spiro atoms. The van der Waals surface area contributed by atoms with Gasteiger partial charge in [0.1, 0.15) is 5.82 Å². The number of halogens is 2. The number of hydrogen-bond acceptors (Lipinski definition) is 2. The SMILES string of the molecule is CC1CNCCC1NCc1cc(F)ccc1Br. The smallest absolute Gasteiger partial charge is 0.123 e. The Labute approximate surface area is 110 Å². The van der Waals surface area contributed by atoms with Gasteiger partial charge in [0.25, 0.3) is 0 Å². The van der Waals surface area contributed by atoms with Crippen LogP contribution in [0, 0.1) is 11.7 Å². The Bertz CT molecular complexity index is 384. The second-order valence-electron chi connectivity index (χ2n) is 4.69. The number of hydrogen-bond donors (Lipinski definition) is 2. The lowest BCUT2D eigenvalue weighted by Gasteiger charge is -2.30. The van der Waals surface area contributed by atoms with Gasteiger partial charge in [-0.2, -0.15) is 0 Å². The summed E-state index contributed by atoms with van der Waals surface area (Å²) in [6, 6.07) is 5.34. The molecule has 1 aromatic rings. The van der Waals surface area contributed by atoms with E-state index < -0.39 is 0 Å². The predicted molar refractivity (Wildman–Crippen MR) is 71.4 cm³/mol. The first-order valence-electron chi connectivity index (χ1n) is 6.05. The molecule has 0 saturated carbocycles. The molecule has 1 aliphatic heterocycles. The van der Waals surface area contributed by atoms with Gasteiger partial charge in [-0.15, -0.1) is 0 Å².